The van der Waals surface area contributed by atoms with E-state index >= 15 is 0 Å². The second-order valence-corrected chi connectivity index (χ2v) is 6.14. The number of aliphatic hydroxyl groups is 1. The highest BCUT2D eigenvalue weighted by molar-refractivity contribution is 5.83. The summed E-state index contributed by atoms with van der Waals surface area (Å²) in [4.78, 5) is 15.0. The molecule has 0 aromatic heterocycles. The van der Waals surface area contributed by atoms with Gasteiger partial charge in [-0.15, -0.1) is 0 Å². The van der Waals surface area contributed by atoms with Crippen LogP contribution in [0.25, 0.3) is 0 Å². The summed E-state index contributed by atoms with van der Waals surface area (Å²) in [5.41, 5.74) is -0.211. The molecule has 0 spiro atoms. The van der Waals surface area contributed by atoms with Gasteiger partial charge in [-0.1, -0.05) is 13.3 Å². The Bertz CT molecular complexity index is 295. The van der Waals surface area contributed by atoms with Gasteiger partial charge in [-0.2, -0.15) is 0 Å². The molecule has 0 bridgehead atoms. The molecule has 4 heteroatoms. The summed E-state index contributed by atoms with van der Waals surface area (Å²) in [6.45, 7) is 4.94. The average Bonchev–Trinajstić information content (AvgIpc) is 2.47. The third-order valence-electron chi connectivity index (χ3n) is 4.75. The molecule has 2 unspecified atom stereocenters. The van der Waals surface area contributed by atoms with Gasteiger partial charge in [0.25, 0.3) is 0 Å². The molecule has 4 nitrogen and oxygen atoms in total. The van der Waals surface area contributed by atoms with Crippen LogP contribution in [0, 0.1) is 5.41 Å². The van der Waals surface area contributed by atoms with Crippen LogP contribution in [0.4, 0.5) is 0 Å². The van der Waals surface area contributed by atoms with Crippen LogP contribution >= 0.6 is 0 Å². The fourth-order valence-corrected chi connectivity index (χ4v) is 3.71. The molecule has 110 valence electrons. The Kier molecular flexibility index (Phi) is 5.22. The predicted molar refractivity (Wildman–Crippen MR) is 75.9 cm³/mol. The zero-order valence-electron chi connectivity index (χ0n) is 12.2. The van der Waals surface area contributed by atoms with Crippen LogP contribution in [-0.4, -0.2) is 48.2 Å². The number of hydrogen-bond acceptors (Lipinski definition) is 3. The number of rotatable bonds is 4. The van der Waals surface area contributed by atoms with Crippen LogP contribution in [0.2, 0.25) is 0 Å². The Morgan fingerprint density at radius 1 is 1.42 bits per heavy atom. The maximum absolute atomic E-state index is 13.0. The van der Waals surface area contributed by atoms with E-state index in [1.807, 2.05) is 4.90 Å². The molecule has 0 aromatic rings. The number of hydrogen-bond donors (Lipinski definition) is 2. The summed E-state index contributed by atoms with van der Waals surface area (Å²) in [7, 11) is 0. The minimum absolute atomic E-state index is 0.0527. The zero-order valence-corrected chi connectivity index (χ0v) is 12.2. The van der Waals surface area contributed by atoms with Crippen molar-refractivity contribution in [2.75, 3.05) is 26.2 Å². The quantitative estimate of drug-likeness (QED) is 0.813. The number of nitrogens with zero attached hydrogens (tertiary/aromatic N) is 1. The second kappa shape index (κ2) is 6.71. The Balaban J connectivity index is 2.13. The number of carbonyl (C=O) groups excluding carboxylic acids is 1. The van der Waals surface area contributed by atoms with Crippen LogP contribution in [0.5, 0.6) is 0 Å². The highest BCUT2D eigenvalue weighted by Gasteiger charge is 2.43. The summed E-state index contributed by atoms with van der Waals surface area (Å²) in [5, 5.41) is 12.9. The Morgan fingerprint density at radius 3 is 2.89 bits per heavy atom. The van der Waals surface area contributed by atoms with Crippen molar-refractivity contribution in [2.45, 2.75) is 57.9 Å². The molecule has 19 heavy (non-hydrogen) atoms. The molecule has 0 radical (unpaired) electrons. The van der Waals surface area contributed by atoms with Crippen molar-refractivity contribution >= 4 is 5.91 Å². The van der Waals surface area contributed by atoms with Crippen molar-refractivity contribution < 1.29 is 9.90 Å². The third kappa shape index (κ3) is 3.11. The van der Waals surface area contributed by atoms with Gasteiger partial charge >= 0.3 is 0 Å². The van der Waals surface area contributed by atoms with Gasteiger partial charge < -0.3 is 15.3 Å². The molecule has 2 aliphatic rings. The van der Waals surface area contributed by atoms with E-state index < -0.39 is 0 Å². The molecular weight excluding hydrogens is 240 g/mol. The van der Waals surface area contributed by atoms with E-state index in [1.165, 1.54) is 0 Å². The van der Waals surface area contributed by atoms with Crippen LogP contribution in [0.1, 0.15) is 51.9 Å². The maximum Gasteiger partial charge on any atom is 0.230 e. The first-order chi connectivity index (χ1) is 9.23. The third-order valence-corrected chi connectivity index (χ3v) is 4.75. The molecule has 2 fully saturated rings. The van der Waals surface area contributed by atoms with E-state index in [1.54, 1.807) is 0 Å². The van der Waals surface area contributed by atoms with Crippen molar-refractivity contribution in [3.63, 3.8) is 0 Å². The minimum atomic E-state index is -0.211. The van der Waals surface area contributed by atoms with Gasteiger partial charge in [0.05, 0.1) is 18.1 Å². The van der Waals surface area contributed by atoms with Gasteiger partial charge in [0.2, 0.25) is 5.91 Å². The maximum atomic E-state index is 13.0. The zero-order chi connectivity index (χ0) is 13.7. The van der Waals surface area contributed by atoms with E-state index in [0.29, 0.717) is 5.91 Å². The molecule has 2 aliphatic heterocycles. The number of amides is 1. The van der Waals surface area contributed by atoms with Gasteiger partial charge in [-0.25, -0.2) is 0 Å². The van der Waals surface area contributed by atoms with Crippen molar-refractivity contribution in [1.29, 1.82) is 0 Å². The molecule has 2 atom stereocenters. The van der Waals surface area contributed by atoms with Gasteiger partial charge in [0.15, 0.2) is 0 Å². The average molecular weight is 268 g/mol. The van der Waals surface area contributed by atoms with Crippen LogP contribution < -0.4 is 5.32 Å². The standard InChI is InChI=1S/C15H28N2O2/c1-2-7-15(8-5-9-16-12-15)14(19)17-10-4-3-6-13(17)11-18/h13,16,18H,2-12H2,1H3. The van der Waals surface area contributed by atoms with Crippen LogP contribution in [0.15, 0.2) is 0 Å². The number of nitrogens with one attached hydrogen (secondary N) is 1. The first kappa shape index (κ1) is 14.8. The predicted octanol–water partition coefficient (Wildman–Crippen LogP) is 1.53. The van der Waals surface area contributed by atoms with Crippen molar-refractivity contribution in [3.8, 4) is 0 Å². The van der Waals surface area contributed by atoms with Crippen molar-refractivity contribution in [3.05, 3.63) is 0 Å². The lowest BCUT2D eigenvalue weighted by Gasteiger charge is -2.44. The number of piperidine rings is 2. The highest BCUT2D eigenvalue weighted by atomic mass is 16.3. The normalized spacial score (nSPS) is 32.3. The summed E-state index contributed by atoms with van der Waals surface area (Å²) >= 11 is 0. The topological polar surface area (TPSA) is 52.6 Å². The van der Waals surface area contributed by atoms with Crippen LogP contribution in [-0.2, 0) is 4.79 Å². The fourth-order valence-electron chi connectivity index (χ4n) is 3.71. The minimum Gasteiger partial charge on any atom is -0.394 e. The van der Waals surface area contributed by atoms with Gasteiger partial charge in [-0.3, -0.25) is 4.79 Å². The van der Waals surface area contributed by atoms with Gasteiger partial charge in [0, 0.05) is 13.1 Å². The van der Waals surface area contributed by atoms with E-state index in [9.17, 15) is 9.90 Å². The van der Waals surface area contributed by atoms with E-state index in [2.05, 4.69) is 12.2 Å². The molecule has 0 saturated carbocycles. The Hall–Kier alpha value is -0.610. The smallest absolute Gasteiger partial charge is 0.230 e. The molecule has 2 rings (SSSR count). The Morgan fingerprint density at radius 2 is 2.26 bits per heavy atom. The summed E-state index contributed by atoms with van der Waals surface area (Å²) in [5.74, 6) is 0.292. The monoisotopic (exact) mass is 268 g/mol. The van der Waals surface area contributed by atoms with Crippen LogP contribution in [0.3, 0.4) is 0 Å². The number of aliphatic hydroxyl groups excluding tert-OH is 1. The lowest BCUT2D eigenvalue weighted by atomic mass is 9.75. The van der Waals surface area contributed by atoms with E-state index in [4.69, 9.17) is 0 Å². The van der Waals surface area contributed by atoms with E-state index in [0.717, 1.165) is 64.6 Å². The molecule has 1 amide bonds. The van der Waals surface area contributed by atoms with Crippen molar-refractivity contribution in [1.82, 2.24) is 10.2 Å². The first-order valence-corrected chi connectivity index (χ1v) is 7.86. The van der Waals surface area contributed by atoms with E-state index in [-0.39, 0.29) is 18.1 Å². The first-order valence-electron chi connectivity index (χ1n) is 7.86. The fraction of sp³-hybridized carbons (Fsp3) is 0.933. The van der Waals surface area contributed by atoms with Gasteiger partial charge in [0.1, 0.15) is 0 Å². The van der Waals surface area contributed by atoms with Crippen molar-refractivity contribution in [2.24, 2.45) is 5.41 Å². The number of carbonyl (C=O) groups is 1. The summed E-state index contributed by atoms with van der Waals surface area (Å²) in [6, 6.07) is 0.0527. The lowest BCUT2D eigenvalue weighted by Crippen LogP contribution is -2.56. The van der Waals surface area contributed by atoms with Gasteiger partial charge in [-0.05, 0) is 45.1 Å². The summed E-state index contributed by atoms with van der Waals surface area (Å²) in [6.07, 6.45) is 7.27. The molecular formula is C15H28N2O2. The highest BCUT2D eigenvalue weighted by Crippen LogP contribution is 2.35. The summed E-state index contributed by atoms with van der Waals surface area (Å²) < 4.78 is 0. The molecule has 0 aliphatic carbocycles. The SMILES string of the molecule is CCCC1(C(=O)N2CCCCC2CO)CCCNC1. The second-order valence-electron chi connectivity index (χ2n) is 6.14. The molecule has 0 aromatic carbocycles. The Labute approximate surface area is 116 Å². The molecule has 2 N–H and O–H groups in total. The molecule has 2 saturated heterocycles. The number of likely N-dealkylation sites (tertiary alicyclic amines) is 1. The largest absolute Gasteiger partial charge is 0.394 e. The lowest BCUT2D eigenvalue weighted by molar-refractivity contribution is -0.149. The molecule has 2 heterocycles.